The average Bonchev–Trinajstić information content (AvgIpc) is 2.37. The Kier molecular flexibility index (Phi) is 3.42. The highest BCUT2D eigenvalue weighted by molar-refractivity contribution is 5.79. The molecule has 2 nitrogen and oxygen atoms in total. The van der Waals surface area contributed by atoms with Crippen molar-refractivity contribution in [1.82, 2.24) is 0 Å². The molecule has 0 heterocycles. The van der Waals surface area contributed by atoms with E-state index >= 15 is 0 Å². The molecule has 0 spiro atoms. The smallest absolute Gasteiger partial charge is 0.153 e. The second kappa shape index (κ2) is 5.00. The third kappa shape index (κ3) is 2.40. The number of benzene rings is 2. The van der Waals surface area contributed by atoms with E-state index in [1.165, 1.54) is 12.1 Å². The van der Waals surface area contributed by atoms with Crippen LogP contribution in [0.15, 0.2) is 36.4 Å². The molecule has 2 aromatic carbocycles. The van der Waals surface area contributed by atoms with Crippen LogP contribution in [-0.4, -0.2) is 6.29 Å². The molecule has 92 valence electrons. The summed E-state index contributed by atoms with van der Waals surface area (Å²) in [6, 6.07) is 9.57. The van der Waals surface area contributed by atoms with Gasteiger partial charge in [0.2, 0.25) is 0 Å². The minimum atomic E-state index is -0.453. The molecule has 3 heteroatoms. The highest BCUT2D eigenvalue weighted by Crippen LogP contribution is 2.28. The predicted octanol–water partition coefficient (Wildman–Crippen LogP) is 4.05. The van der Waals surface area contributed by atoms with Crippen LogP contribution in [0.3, 0.4) is 0 Å². The number of rotatable bonds is 3. The molecule has 0 saturated carbocycles. The van der Waals surface area contributed by atoms with Crippen molar-refractivity contribution < 1.29 is 13.9 Å². The lowest BCUT2D eigenvalue weighted by Gasteiger charge is -2.11. The summed E-state index contributed by atoms with van der Waals surface area (Å²) in [6.07, 6.45) is 0.587. The minimum absolute atomic E-state index is 0.205. The molecule has 18 heavy (non-hydrogen) atoms. The molecule has 0 unspecified atom stereocenters. The van der Waals surface area contributed by atoms with Crippen molar-refractivity contribution in [3.8, 4) is 11.5 Å². The Morgan fingerprint density at radius 2 is 1.89 bits per heavy atom. The molecule has 0 aromatic heterocycles. The lowest BCUT2D eigenvalue weighted by molar-refractivity contribution is 0.112. The largest absolute Gasteiger partial charge is 0.456 e. The van der Waals surface area contributed by atoms with Gasteiger partial charge in [-0.2, -0.15) is 0 Å². The first kappa shape index (κ1) is 12.3. The summed E-state index contributed by atoms with van der Waals surface area (Å²) >= 11 is 0. The number of carbonyl (C=O) groups excluding carboxylic acids is 1. The van der Waals surface area contributed by atoms with Gasteiger partial charge in [0.25, 0.3) is 0 Å². The monoisotopic (exact) mass is 244 g/mol. The molecule has 2 aromatic rings. The summed E-state index contributed by atoms with van der Waals surface area (Å²) in [4.78, 5) is 10.9. The predicted molar refractivity (Wildman–Crippen MR) is 67.8 cm³/mol. The van der Waals surface area contributed by atoms with Gasteiger partial charge in [-0.1, -0.05) is 12.1 Å². The number of aryl methyl sites for hydroxylation is 1. The standard InChI is InChI=1S/C15H13FO2/c1-10-4-3-5-14(11(10)2)18-15-7-6-13(16)8-12(15)9-17/h3-9H,1-2H3. The van der Waals surface area contributed by atoms with Gasteiger partial charge in [0, 0.05) is 0 Å². The van der Waals surface area contributed by atoms with Gasteiger partial charge < -0.3 is 4.74 Å². The molecule has 0 aliphatic heterocycles. The van der Waals surface area contributed by atoms with Crippen LogP contribution in [0, 0.1) is 19.7 Å². The van der Waals surface area contributed by atoms with Gasteiger partial charge in [0.1, 0.15) is 17.3 Å². The third-order valence-electron chi connectivity index (χ3n) is 2.87. The number of ether oxygens (including phenoxy) is 1. The lowest BCUT2D eigenvalue weighted by Crippen LogP contribution is -1.94. The van der Waals surface area contributed by atoms with Crippen molar-refractivity contribution in [2.45, 2.75) is 13.8 Å². The molecule has 0 saturated heterocycles. The average molecular weight is 244 g/mol. The van der Waals surface area contributed by atoms with E-state index in [9.17, 15) is 9.18 Å². The van der Waals surface area contributed by atoms with Crippen LogP contribution < -0.4 is 4.74 Å². The fourth-order valence-corrected chi connectivity index (χ4v) is 1.66. The zero-order valence-corrected chi connectivity index (χ0v) is 10.2. The van der Waals surface area contributed by atoms with E-state index in [-0.39, 0.29) is 5.56 Å². The van der Waals surface area contributed by atoms with Crippen LogP contribution in [0.4, 0.5) is 4.39 Å². The Balaban J connectivity index is 2.40. The topological polar surface area (TPSA) is 26.3 Å². The van der Waals surface area contributed by atoms with Crippen LogP contribution >= 0.6 is 0 Å². The number of aldehydes is 1. The van der Waals surface area contributed by atoms with Crippen molar-refractivity contribution in [2.75, 3.05) is 0 Å². The Bertz CT molecular complexity index is 591. The van der Waals surface area contributed by atoms with Crippen LogP contribution in [0.25, 0.3) is 0 Å². The fourth-order valence-electron chi connectivity index (χ4n) is 1.66. The van der Waals surface area contributed by atoms with Gasteiger partial charge in [0.05, 0.1) is 5.56 Å². The molecule has 0 N–H and O–H groups in total. The van der Waals surface area contributed by atoms with Crippen molar-refractivity contribution in [2.24, 2.45) is 0 Å². The second-order valence-electron chi connectivity index (χ2n) is 4.10. The van der Waals surface area contributed by atoms with E-state index in [0.29, 0.717) is 17.8 Å². The van der Waals surface area contributed by atoms with E-state index in [4.69, 9.17) is 4.74 Å². The summed E-state index contributed by atoms with van der Waals surface area (Å²) in [7, 11) is 0. The highest BCUT2D eigenvalue weighted by Gasteiger charge is 2.08. The molecule has 0 aliphatic carbocycles. The first-order chi connectivity index (χ1) is 8.61. The quantitative estimate of drug-likeness (QED) is 0.761. The van der Waals surface area contributed by atoms with E-state index in [1.54, 1.807) is 0 Å². The first-order valence-electron chi connectivity index (χ1n) is 5.60. The molecule has 0 bridgehead atoms. The summed E-state index contributed by atoms with van der Waals surface area (Å²) in [5.74, 6) is 0.579. The van der Waals surface area contributed by atoms with Crippen molar-refractivity contribution in [3.05, 3.63) is 58.9 Å². The Morgan fingerprint density at radius 1 is 1.11 bits per heavy atom. The van der Waals surface area contributed by atoms with Crippen molar-refractivity contribution in [3.63, 3.8) is 0 Å². The normalized spacial score (nSPS) is 10.2. The van der Waals surface area contributed by atoms with E-state index < -0.39 is 5.82 Å². The zero-order valence-electron chi connectivity index (χ0n) is 10.2. The maximum Gasteiger partial charge on any atom is 0.153 e. The Morgan fingerprint density at radius 3 is 2.61 bits per heavy atom. The molecular formula is C15H13FO2. The van der Waals surface area contributed by atoms with Crippen molar-refractivity contribution in [1.29, 1.82) is 0 Å². The van der Waals surface area contributed by atoms with E-state index in [0.717, 1.165) is 17.2 Å². The summed E-state index contributed by atoms with van der Waals surface area (Å²) in [5.41, 5.74) is 2.30. The Labute approximate surface area is 105 Å². The van der Waals surface area contributed by atoms with Crippen LogP contribution in [0.2, 0.25) is 0 Å². The molecule has 0 atom stereocenters. The van der Waals surface area contributed by atoms with E-state index in [1.807, 2.05) is 32.0 Å². The summed E-state index contributed by atoms with van der Waals surface area (Å²) in [5, 5.41) is 0. The van der Waals surface area contributed by atoms with Crippen molar-refractivity contribution >= 4 is 6.29 Å². The molecule has 2 rings (SSSR count). The molecule has 0 radical (unpaired) electrons. The van der Waals surface area contributed by atoms with E-state index in [2.05, 4.69) is 0 Å². The van der Waals surface area contributed by atoms with Gasteiger partial charge in [-0.25, -0.2) is 4.39 Å². The number of carbonyl (C=O) groups is 1. The third-order valence-corrected chi connectivity index (χ3v) is 2.87. The van der Waals surface area contributed by atoms with Gasteiger partial charge in [-0.05, 0) is 49.2 Å². The van der Waals surface area contributed by atoms with Gasteiger partial charge in [0.15, 0.2) is 6.29 Å². The maximum atomic E-state index is 13.0. The minimum Gasteiger partial charge on any atom is -0.456 e. The number of hydrogen-bond donors (Lipinski definition) is 0. The molecule has 0 fully saturated rings. The Hall–Kier alpha value is -2.16. The highest BCUT2D eigenvalue weighted by atomic mass is 19.1. The fraction of sp³-hybridized carbons (Fsp3) is 0.133. The van der Waals surface area contributed by atoms with Gasteiger partial charge in [-0.15, -0.1) is 0 Å². The summed E-state index contributed by atoms with van der Waals surface area (Å²) < 4.78 is 18.7. The van der Waals surface area contributed by atoms with Crippen LogP contribution in [0.1, 0.15) is 21.5 Å². The van der Waals surface area contributed by atoms with Crippen LogP contribution in [-0.2, 0) is 0 Å². The molecular weight excluding hydrogens is 231 g/mol. The lowest BCUT2D eigenvalue weighted by atomic mass is 10.1. The molecule has 0 amide bonds. The second-order valence-corrected chi connectivity index (χ2v) is 4.10. The molecule has 0 aliphatic rings. The number of halogens is 1. The van der Waals surface area contributed by atoms with Crippen LogP contribution in [0.5, 0.6) is 11.5 Å². The number of hydrogen-bond acceptors (Lipinski definition) is 2. The zero-order chi connectivity index (χ0) is 13.1. The summed E-state index contributed by atoms with van der Waals surface area (Å²) in [6.45, 7) is 3.92. The van der Waals surface area contributed by atoms with Gasteiger partial charge in [-0.3, -0.25) is 4.79 Å². The first-order valence-corrected chi connectivity index (χ1v) is 5.60. The van der Waals surface area contributed by atoms with Gasteiger partial charge >= 0.3 is 0 Å². The SMILES string of the molecule is Cc1cccc(Oc2ccc(F)cc2C=O)c1C. The maximum absolute atomic E-state index is 13.0.